The van der Waals surface area contributed by atoms with Gasteiger partial charge < -0.3 is 4.74 Å². The van der Waals surface area contributed by atoms with E-state index in [1.165, 1.54) is 36.4 Å². The van der Waals surface area contributed by atoms with Crippen molar-refractivity contribution in [3.63, 3.8) is 0 Å². The molecule has 32 heavy (non-hydrogen) atoms. The maximum Gasteiger partial charge on any atom is 0.435 e. The summed E-state index contributed by atoms with van der Waals surface area (Å²) < 4.78 is 45.5. The Labute approximate surface area is 185 Å². The molecule has 1 amide bonds. The van der Waals surface area contributed by atoms with Crippen LogP contribution in [0, 0.1) is 0 Å². The SMILES string of the molecule is CCC(=O)c1ccc(OCC(=O)Nc2nc(C(F)(F)F)c(C(=O)c3ccccc3)s2)cc1. The number of nitrogens with zero attached hydrogens (tertiary/aromatic N) is 1. The van der Waals surface area contributed by atoms with Gasteiger partial charge in [0.2, 0.25) is 5.78 Å². The van der Waals surface area contributed by atoms with Gasteiger partial charge in [0.25, 0.3) is 5.91 Å². The van der Waals surface area contributed by atoms with Crippen LogP contribution < -0.4 is 10.1 Å². The van der Waals surface area contributed by atoms with Crippen molar-refractivity contribution in [2.45, 2.75) is 19.5 Å². The minimum Gasteiger partial charge on any atom is -0.484 e. The molecule has 0 aliphatic heterocycles. The van der Waals surface area contributed by atoms with Crippen molar-refractivity contribution in [3.8, 4) is 5.75 Å². The number of alkyl halides is 3. The van der Waals surface area contributed by atoms with Crippen LogP contribution in [0.2, 0.25) is 0 Å². The van der Waals surface area contributed by atoms with Crippen LogP contribution in [0.1, 0.15) is 44.6 Å². The summed E-state index contributed by atoms with van der Waals surface area (Å²) in [6.07, 6.45) is -4.52. The van der Waals surface area contributed by atoms with Crippen molar-refractivity contribution < 1.29 is 32.3 Å². The topological polar surface area (TPSA) is 85.4 Å². The number of anilines is 1. The summed E-state index contributed by atoms with van der Waals surface area (Å²) in [4.78, 5) is 39.1. The number of aromatic nitrogens is 1. The number of halogens is 3. The Morgan fingerprint density at radius 1 is 1.00 bits per heavy atom. The Bertz CT molecular complexity index is 1130. The van der Waals surface area contributed by atoms with E-state index in [1.54, 1.807) is 25.1 Å². The predicted octanol–water partition coefficient (Wildman–Crippen LogP) is 5.00. The van der Waals surface area contributed by atoms with Crippen LogP contribution in [0.4, 0.5) is 18.3 Å². The quantitative estimate of drug-likeness (QED) is 0.476. The van der Waals surface area contributed by atoms with Gasteiger partial charge in [0.05, 0.1) is 0 Å². The van der Waals surface area contributed by atoms with E-state index in [0.717, 1.165) is 0 Å². The number of ether oxygens (including phenoxy) is 1. The molecular formula is C22H17F3N2O4S. The molecule has 0 unspecified atom stereocenters. The molecule has 2 aromatic carbocycles. The monoisotopic (exact) mass is 462 g/mol. The number of hydrogen-bond donors (Lipinski definition) is 1. The van der Waals surface area contributed by atoms with E-state index in [4.69, 9.17) is 4.74 Å². The average Bonchev–Trinajstić information content (AvgIpc) is 3.22. The smallest absolute Gasteiger partial charge is 0.435 e. The maximum atomic E-state index is 13.4. The van der Waals surface area contributed by atoms with Crippen LogP contribution >= 0.6 is 11.3 Å². The predicted molar refractivity (Wildman–Crippen MR) is 112 cm³/mol. The highest BCUT2D eigenvalue weighted by atomic mass is 32.1. The van der Waals surface area contributed by atoms with Gasteiger partial charge in [0.15, 0.2) is 23.2 Å². The first-order valence-corrected chi connectivity index (χ1v) is 10.2. The molecule has 0 radical (unpaired) electrons. The van der Waals surface area contributed by atoms with Crippen molar-refractivity contribution in [1.82, 2.24) is 4.98 Å². The highest BCUT2D eigenvalue weighted by molar-refractivity contribution is 7.18. The van der Waals surface area contributed by atoms with Gasteiger partial charge in [-0.25, -0.2) is 4.98 Å². The largest absolute Gasteiger partial charge is 0.484 e. The molecule has 166 valence electrons. The first-order chi connectivity index (χ1) is 15.2. The molecule has 1 N–H and O–H groups in total. The van der Waals surface area contributed by atoms with E-state index in [0.29, 0.717) is 29.1 Å². The van der Waals surface area contributed by atoms with Crippen LogP contribution in [-0.2, 0) is 11.0 Å². The molecular weight excluding hydrogens is 445 g/mol. The van der Waals surface area contributed by atoms with E-state index in [1.807, 2.05) is 0 Å². The van der Waals surface area contributed by atoms with Crippen LogP contribution in [0.15, 0.2) is 54.6 Å². The van der Waals surface area contributed by atoms with Crippen LogP contribution in [0.25, 0.3) is 0 Å². The van der Waals surface area contributed by atoms with Crippen molar-refractivity contribution >= 4 is 33.9 Å². The summed E-state index contributed by atoms with van der Waals surface area (Å²) in [5.41, 5.74) is -0.779. The van der Waals surface area contributed by atoms with Crippen molar-refractivity contribution in [2.75, 3.05) is 11.9 Å². The lowest BCUT2D eigenvalue weighted by molar-refractivity contribution is -0.141. The van der Waals surface area contributed by atoms with Gasteiger partial charge >= 0.3 is 6.18 Å². The Hall–Kier alpha value is -3.53. The van der Waals surface area contributed by atoms with Crippen molar-refractivity contribution in [1.29, 1.82) is 0 Å². The average molecular weight is 462 g/mol. The Balaban J connectivity index is 1.70. The van der Waals surface area contributed by atoms with Gasteiger partial charge in [-0.2, -0.15) is 13.2 Å². The third kappa shape index (κ3) is 5.58. The second-order valence-electron chi connectivity index (χ2n) is 6.53. The lowest BCUT2D eigenvalue weighted by Crippen LogP contribution is -2.20. The lowest BCUT2D eigenvalue weighted by atomic mass is 10.1. The van der Waals surface area contributed by atoms with E-state index in [9.17, 15) is 27.6 Å². The summed E-state index contributed by atoms with van der Waals surface area (Å²) in [7, 11) is 0. The number of nitrogens with one attached hydrogen (secondary N) is 1. The molecule has 3 aromatic rings. The van der Waals surface area contributed by atoms with Gasteiger partial charge in [-0.15, -0.1) is 0 Å². The molecule has 0 aliphatic rings. The Morgan fingerprint density at radius 2 is 1.66 bits per heavy atom. The third-order valence-electron chi connectivity index (χ3n) is 4.25. The molecule has 0 spiro atoms. The normalized spacial score (nSPS) is 11.1. The number of thiazole rings is 1. The number of carbonyl (C=O) groups is 3. The summed E-state index contributed by atoms with van der Waals surface area (Å²) >= 11 is 0.441. The number of benzene rings is 2. The fourth-order valence-corrected chi connectivity index (χ4v) is 3.65. The molecule has 3 rings (SSSR count). The van der Waals surface area contributed by atoms with E-state index < -0.39 is 35.0 Å². The standard InChI is InChI=1S/C22H17F3N2O4S/c1-2-16(28)13-8-10-15(11-9-13)31-12-17(29)26-21-27-20(22(23,24)25)19(32-21)18(30)14-6-4-3-5-7-14/h3-11H,2,12H2,1H3,(H,26,27,29). The van der Waals surface area contributed by atoms with Crippen LogP contribution in [-0.4, -0.2) is 29.1 Å². The maximum absolute atomic E-state index is 13.4. The van der Waals surface area contributed by atoms with Crippen molar-refractivity contribution in [3.05, 3.63) is 76.3 Å². The summed E-state index contributed by atoms with van der Waals surface area (Å²) in [6.45, 7) is 1.24. The highest BCUT2D eigenvalue weighted by Crippen LogP contribution is 2.37. The first-order valence-electron chi connectivity index (χ1n) is 9.42. The highest BCUT2D eigenvalue weighted by Gasteiger charge is 2.40. The molecule has 0 saturated carbocycles. The number of rotatable bonds is 8. The number of Topliss-reactive ketones (excluding diaryl/α,β-unsaturated/α-hetero) is 1. The fraction of sp³-hybridized carbons (Fsp3) is 0.182. The zero-order chi connectivity index (χ0) is 23.3. The zero-order valence-corrected chi connectivity index (χ0v) is 17.5. The molecule has 0 bridgehead atoms. The van der Waals surface area contributed by atoms with Gasteiger partial charge in [-0.3, -0.25) is 19.7 Å². The Morgan fingerprint density at radius 3 is 2.25 bits per heavy atom. The summed E-state index contributed by atoms with van der Waals surface area (Å²) in [5, 5.41) is 1.86. The van der Waals surface area contributed by atoms with E-state index in [2.05, 4.69) is 10.3 Å². The van der Waals surface area contributed by atoms with Gasteiger partial charge in [-0.05, 0) is 24.3 Å². The fourth-order valence-electron chi connectivity index (χ4n) is 2.69. The number of amides is 1. The molecule has 0 saturated heterocycles. The van der Waals surface area contributed by atoms with Crippen LogP contribution in [0.5, 0.6) is 5.75 Å². The molecule has 0 atom stereocenters. The minimum absolute atomic E-state index is 0.0422. The van der Waals surface area contributed by atoms with Gasteiger partial charge in [0, 0.05) is 17.5 Å². The lowest BCUT2D eigenvalue weighted by Gasteiger charge is -2.06. The van der Waals surface area contributed by atoms with Crippen molar-refractivity contribution in [2.24, 2.45) is 0 Å². The van der Waals surface area contributed by atoms with Gasteiger partial charge in [-0.1, -0.05) is 48.6 Å². The molecule has 0 fully saturated rings. The zero-order valence-electron chi connectivity index (χ0n) is 16.7. The second-order valence-corrected chi connectivity index (χ2v) is 7.53. The summed E-state index contributed by atoms with van der Waals surface area (Å²) in [6, 6.07) is 13.6. The minimum atomic E-state index is -4.87. The third-order valence-corrected chi connectivity index (χ3v) is 5.22. The number of ketones is 2. The van der Waals surface area contributed by atoms with E-state index in [-0.39, 0.29) is 16.5 Å². The number of hydrogen-bond acceptors (Lipinski definition) is 6. The molecule has 1 aromatic heterocycles. The van der Waals surface area contributed by atoms with E-state index >= 15 is 0 Å². The molecule has 0 aliphatic carbocycles. The second kappa shape index (κ2) is 9.73. The first kappa shape index (κ1) is 23.1. The summed E-state index contributed by atoms with van der Waals surface area (Å²) in [5.74, 6) is -1.32. The molecule has 1 heterocycles. The molecule has 10 heteroatoms. The van der Waals surface area contributed by atoms with Crippen LogP contribution in [0.3, 0.4) is 0 Å². The van der Waals surface area contributed by atoms with Gasteiger partial charge in [0.1, 0.15) is 10.6 Å². The Kier molecular flexibility index (Phi) is 7.04. The molecule has 6 nitrogen and oxygen atoms in total. The number of carbonyl (C=O) groups excluding carboxylic acids is 3.